The van der Waals surface area contributed by atoms with Crippen LogP contribution in [0.2, 0.25) is 0 Å². The summed E-state index contributed by atoms with van der Waals surface area (Å²) in [5.41, 5.74) is 0.773. The molecule has 8 nitrogen and oxygen atoms in total. The number of rotatable bonds is 5. The summed E-state index contributed by atoms with van der Waals surface area (Å²) >= 11 is 0. The SMILES string of the molecule is CC1CCOC(=O)c2cccc(c2)C(=O)OCC1.O=C(O)CCCCC(=O)O. The van der Waals surface area contributed by atoms with Gasteiger partial charge in [0.2, 0.25) is 0 Å². The van der Waals surface area contributed by atoms with Gasteiger partial charge in [-0.25, -0.2) is 9.59 Å². The number of hydrogen-bond acceptors (Lipinski definition) is 6. The standard InChI is InChI=1S/C14H16O4.C6H10O4/c1-10-5-7-17-13(15)11-3-2-4-12(9-11)14(16)18-8-6-10;7-5(8)3-1-2-4-6(9)10/h2-4,9-10H,5-8H2,1H3;1-4H2,(H,7,8)(H,9,10). The van der Waals surface area contributed by atoms with Crippen LogP contribution in [0.3, 0.4) is 0 Å². The number of ether oxygens (including phenoxy) is 2. The summed E-state index contributed by atoms with van der Waals surface area (Å²) < 4.78 is 10.3. The van der Waals surface area contributed by atoms with Gasteiger partial charge in [0.1, 0.15) is 0 Å². The summed E-state index contributed by atoms with van der Waals surface area (Å²) in [5.74, 6) is -2.16. The summed E-state index contributed by atoms with van der Waals surface area (Å²) in [7, 11) is 0. The minimum atomic E-state index is -0.870. The number of esters is 2. The van der Waals surface area contributed by atoms with E-state index in [2.05, 4.69) is 0 Å². The first kappa shape index (κ1) is 23.1. The molecule has 0 fully saturated rings. The second-order valence-corrected chi connectivity index (χ2v) is 6.53. The minimum Gasteiger partial charge on any atom is -0.481 e. The van der Waals surface area contributed by atoms with Crippen molar-refractivity contribution < 1.29 is 38.9 Å². The summed E-state index contributed by atoms with van der Waals surface area (Å²) in [6, 6.07) is 6.43. The van der Waals surface area contributed by atoms with Gasteiger partial charge in [0.15, 0.2) is 0 Å². The molecule has 2 rings (SSSR count). The Hall–Kier alpha value is -2.90. The zero-order valence-electron chi connectivity index (χ0n) is 15.9. The highest BCUT2D eigenvalue weighted by Crippen LogP contribution is 2.13. The first-order valence-corrected chi connectivity index (χ1v) is 9.17. The monoisotopic (exact) mass is 394 g/mol. The van der Waals surface area contributed by atoms with Crippen molar-refractivity contribution in [3.8, 4) is 0 Å². The minimum absolute atomic E-state index is 0.0628. The zero-order chi connectivity index (χ0) is 20.9. The molecule has 1 aliphatic heterocycles. The second-order valence-electron chi connectivity index (χ2n) is 6.53. The van der Waals surface area contributed by atoms with E-state index in [0.717, 1.165) is 12.8 Å². The van der Waals surface area contributed by atoms with Crippen molar-refractivity contribution >= 4 is 23.9 Å². The smallest absolute Gasteiger partial charge is 0.338 e. The van der Waals surface area contributed by atoms with Crippen molar-refractivity contribution in [1.82, 2.24) is 0 Å². The Morgan fingerprint density at radius 2 is 1.36 bits per heavy atom. The zero-order valence-corrected chi connectivity index (χ0v) is 15.9. The Morgan fingerprint density at radius 1 is 0.929 bits per heavy atom. The Bertz CT molecular complexity index is 629. The first-order chi connectivity index (χ1) is 13.3. The maximum absolute atomic E-state index is 11.7. The van der Waals surface area contributed by atoms with Gasteiger partial charge in [-0.1, -0.05) is 13.0 Å². The molecule has 2 N–H and O–H groups in total. The summed E-state index contributed by atoms with van der Waals surface area (Å²) in [6.07, 6.45) is 2.58. The lowest BCUT2D eigenvalue weighted by atomic mass is 10.1. The maximum atomic E-state index is 11.7. The van der Waals surface area contributed by atoms with Crippen LogP contribution >= 0.6 is 0 Å². The van der Waals surface area contributed by atoms with Crippen LogP contribution < -0.4 is 0 Å². The van der Waals surface area contributed by atoms with Crippen LogP contribution in [-0.4, -0.2) is 47.3 Å². The Labute approximate surface area is 163 Å². The number of unbranched alkanes of at least 4 members (excludes halogenated alkanes) is 1. The Balaban J connectivity index is 0.000000336. The fraction of sp³-hybridized carbons (Fsp3) is 0.500. The molecule has 28 heavy (non-hydrogen) atoms. The third-order valence-corrected chi connectivity index (χ3v) is 4.05. The fourth-order valence-electron chi connectivity index (χ4n) is 2.34. The lowest BCUT2D eigenvalue weighted by molar-refractivity contribution is -0.139. The van der Waals surface area contributed by atoms with Crippen LogP contribution in [0.5, 0.6) is 0 Å². The Kier molecular flexibility index (Phi) is 10.3. The maximum Gasteiger partial charge on any atom is 0.338 e. The summed E-state index contributed by atoms with van der Waals surface area (Å²) in [5, 5.41) is 16.3. The largest absolute Gasteiger partial charge is 0.481 e. The normalized spacial score (nSPS) is 15.0. The molecule has 1 aromatic carbocycles. The van der Waals surface area contributed by atoms with Gasteiger partial charge >= 0.3 is 23.9 Å². The highest BCUT2D eigenvalue weighted by atomic mass is 16.5. The third kappa shape index (κ3) is 9.70. The van der Waals surface area contributed by atoms with Crippen molar-refractivity contribution in [2.75, 3.05) is 13.2 Å². The number of fused-ring (bicyclic) bond motifs is 2. The van der Waals surface area contributed by atoms with Crippen molar-refractivity contribution in [3.05, 3.63) is 35.4 Å². The number of carbonyl (C=O) groups is 4. The number of cyclic esters (lactones) is 2. The molecule has 0 aromatic heterocycles. The van der Waals surface area contributed by atoms with E-state index < -0.39 is 23.9 Å². The van der Waals surface area contributed by atoms with Crippen molar-refractivity contribution in [3.63, 3.8) is 0 Å². The lowest BCUT2D eigenvalue weighted by Crippen LogP contribution is -2.15. The highest BCUT2D eigenvalue weighted by Gasteiger charge is 2.15. The van der Waals surface area contributed by atoms with Gasteiger partial charge in [0, 0.05) is 12.8 Å². The molecule has 0 spiro atoms. The third-order valence-electron chi connectivity index (χ3n) is 4.05. The highest BCUT2D eigenvalue weighted by molar-refractivity contribution is 5.95. The second kappa shape index (κ2) is 12.5. The predicted octanol–water partition coefficient (Wildman–Crippen LogP) is 3.15. The van der Waals surface area contributed by atoms with Gasteiger partial charge in [-0.2, -0.15) is 0 Å². The molecule has 0 atom stereocenters. The number of hydrogen-bond donors (Lipinski definition) is 2. The van der Waals surface area contributed by atoms with Gasteiger partial charge in [-0.15, -0.1) is 0 Å². The quantitative estimate of drug-likeness (QED) is 0.576. The summed E-state index contributed by atoms with van der Waals surface area (Å²) in [6.45, 7) is 2.85. The average molecular weight is 394 g/mol. The molecule has 0 amide bonds. The van der Waals surface area contributed by atoms with Crippen LogP contribution in [0, 0.1) is 5.92 Å². The van der Waals surface area contributed by atoms with E-state index in [-0.39, 0.29) is 12.8 Å². The number of carboxylic acid groups (broad SMARTS) is 2. The topological polar surface area (TPSA) is 127 Å². The van der Waals surface area contributed by atoms with E-state index in [9.17, 15) is 19.2 Å². The molecule has 0 radical (unpaired) electrons. The van der Waals surface area contributed by atoms with Crippen LogP contribution in [0.1, 0.15) is 66.2 Å². The molecule has 2 bridgehead atoms. The fourth-order valence-corrected chi connectivity index (χ4v) is 2.34. The number of benzene rings is 1. The molecule has 1 aromatic rings. The predicted molar refractivity (Wildman–Crippen MR) is 99.1 cm³/mol. The average Bonchev–Trinajstić information content (AvgIpc) is 2.64. The molecule has 0 unspecified atom stereocenters. The van der Waals surface area contributed by atoms with Crippen molar-refractivity contribution in [1.29, 1.82) is 0 Å². The van der Waals surface area contributed by atoms with Gasteiger partial charge < -0.3 is 19.7 Å². The van der Waals surface area contributed by atoms with E-state index in [1.54, 1.807) is 18.2 Å². The molecule has 0 saturated carbocycles. The molecular formula is C20H26O8. The molecular weight excluding hydrogens is 368 g/mol. The van der Waals surface area contributed by atoms with Gasteiger partial charge in [-0.05, 0) is 49.8 Å². The number of carbonyl (C=O) groups excluding carboxylic acids is 2. The van der Waals surface area contributed by atoms with Crippen LogP contribution in [-0.2, 0) is 19.1 Å². The van der Waals surface area contributed by atoms with Gasteiger partial charge in [-0.3, -0.25) is 9.59 Å². The van der Waals surface area contributed by atoms with E-state index in [0.29, 0.717) is 43.1 Å². The summed E-state index contributed by atoms with van der Waals surface area (Å²) in [4.78, 5) is 43.3. The van der Waals surface area contributed by atoms with Crippen LogP contribution in [0.25, 0.3) is 0 Å². The van der Waals surface area contributed by atoms with E-state index >= 15 is 0 Å². The molecule has 0 aliphatic carbocycles. The van der Waals surface area contributed by atoms with E-state index in [1.807, 2.05) is 6.92 Å². The first-order valence-electron chi connectivity index (χ1n) is 9.17. The van der Waals surface area contributed by atoms with Crippen LogP contribution in [0.15, 0.2) is 24.3 Å². The Morgan fingerprint density at radius 3 is 1.75 bits per heavy atom. The molecule has 1 aliphatic rings. The van der Waals surface area contributed by atoms with E-state index in [1.165, 1.54) is 6.07 Å². The van der Waals surface area contributed by atoms with Gasteiger partial charge in [0.25, 0.3) is 0 Å². The molecule has 0 saturated heterocycles. The van der Waals surface area contributed by atoms with Crippen molar-refractivity contribution in [2.24, 2.45) is 5.92 Å². The number of carboxylic acids is 2. The lowest BCUT2D eigenvalue weighted by Gasteiger charge is -2.14. The van der Waals surface area contributed by atoms with Crippen molar-refractivity contribution in [2.45, 2.75) is 45.4 Å². The molecule has 1 heterocycles. The van der Waals surface area contributed by atoms with Gasteiger partial charge in [0.05, 0.1) is 24.3 Å². The molecule has 8 heteroatoms. The van der Waals surface area contributed by atoms with E-state index in [4.69, 9.17) is 19.7 Å². The van der Waals surface area contributed by atoms with Crippen LogP contribution in [0.4, 0.5) is 0 Å². The number of aliphatic carboxylic acids is 2. The molecule has 154 valence electrons.